The summed E-state index contributed by atoms with van der Waals surface area (Å²) in [5.74, 6) is 0. The summed E-state index contributed by atoms with van der Waals surface area (Å²) in [6.45, 7) is -0.123. The van der Waals surface area contributed by atoms with Crippen molar-refractivity contribution in [2.75, 3.05) is 13.1 Å². The Balaban J connectivity index is 2.34. The van der Waals surface area contributed by atoms with E-state index in [9.17, 15) is 18.0 Å². The van der Waals surface area contributed by atoms with E-state index in [1.165, 1.54) is 12.1 Å². The summed E-state index contributed by atoms with van der Waals surface area (Å²) in [6.07, 6.45) is 0. The van der Waals surface area contributed by atoms with Crippen molar-refractivity contribution >= 4 is 33.0 Å². The minimum Gasteiger partial charge on any atom is -0.255 e. The predicted molar refractivity (Wildman–Crippen MR) is 63.7 cm³/mol. The van der Waals surface area contributed by atoms with Gasteiger partial charge in [-0.2, -0.15) is 0 Å². The maximum absolute atomic E-state index is 12.1. The Morgan fingerprint density at radius 1 is 1.17 bits per heavy atom. The van der Waals surface area contributed by atoms with Crippen LogP contribution in [0, 0.1) is 0 Å². The molecule has 1 fully saturated rings. The van der Waals surface area contributed by atoms with Crippen molar-refractivity contribution in [3.63, 3.8) is 0 Å². The molecule has 0 aromatic heterocycles. The molecule has 0 atom stereocenters. The van der Waals surface area contributed by atoms with Crippen molar-refractivity contribution in [1.82, 2.24) is 9.21 Å². The van der Waals surface area contributed by atoms with Crippen LogP contribution < -0.4 is 0 Å². The number of carbonyl (C=O) groups excluding carboxylic acids is 2. The summed E-state index contributed by atoms with van der Waals surface area (Å²) < 4.78 is 24.9. The Hall–Kier alpha value is -1.60. The van der Waals surface area contributed by atoms with Gasteiger partial charge in [-0.3, -0.25) is 4.79 Å². The van der Waals surface area contributed by atoms with Gasteiger partial charge in [0.2, 0.25) is 0 Å². The molecular formula is C10H9ClN2O4S. The van der Waals surface area contributed by atoms with Gasteiger partial charge in [0.05, 0.1) is 18.0 Å². The number of nitrogens with zero attached hydrogens (tertiary/aromatic N) is 2. The Bertz CT molecular complexity index is 587. The molecule has 0 spiro atoms. The van der Waals surface area contributed by atoms with E-state index >= 15 is 0 Å². The molecule has 3 amide bonds. The maximum Gasteiger partial charge on any atom is 0.341 e. The second-order valence-corrected chi connectivity index (χ2v) is 5.76. The first-order valence-electron chi connectivity index (χ1n) is 5.03. The van der Waals surface area contributed by atoms with Crippen LogP contribution in [0.15, 0.2) is 35.2 Å². The van der Waals surface area contributed by atoms with E-state index in [0.717, 1.165) is 0 Å². The van der Waals surface area contributed by atoms with Crippen molar-refractivity contribution in [3.8, 4) is 0 Å². The maximum atomic E-state index is 12.1. The first-order chi connectivity index (χ1) is 8.44. The highest BCUT2D eigenvalue weighted by Crippen LogP contribution is 2.21. The fourth-order valence-electron chi connectivity index (χ4n) is 1.62. The molecule has 6 nitrogen and oxygen atoms in total. The number of imide groups is 1. The van der Waals surface area contributed by atoms with Crippen LogP contribution in [-0.4, -0.2) is 42.1 Å². The predicted octanol–water partition coefficient (Wildman–Crippen LogP) is 1.47. The van der Waals surface area contributed by atoms with Crippen LogP contribution in [0.5, 0.6) is 0 Å². The van der Waals surface area contributed by atoms with E-state index in [4.69, 9.17) is 11.6 Å². The largest absolute Gasteiger partial charge is 0.341 e. The van der Waals surface area contributed by atoms with E-state index < -0.39 is 21.4 Å². The molecule has 2 rings (SSSR count). The Labute approximate surface area is 109 Å². The van der Waals surface area contributed by atoms with E-state index in [1.54, 1.807) is 18.2 Å². The zero-order valence-electron chi connectivity index (χ0n) is 9.11. The summed E-state index contributed by atoms with van der Waals surface area (Å²) in [5.41, 5.74) is 0. The van der Waals surface area contributed by atoms with Gasteiger partial charge in [0, 0.05) is 0 Å². The normalized spacial score (nSPS) is 16.2. The van der Waals surface area contributed by atoms with E-state index in [1.807, 2.05) is 0 Å². The molecule has 1 saturated heterocycles. The molecule has 8 heteroatoms. The number of carbonyl (C=O) groups is 2. The molecule has 0 radical (unpaired) electrons. The zero-order valence-corrected chi connectivity index (χ0v) is 10.7. The van der Waals surface area contributed by atoms with Crippen LogP contribution in [0.4, 0.5) is 9.59 Å². The van der Waals surface area contributed by atoms with E-state index in [2.05, 4.69) is 0 Å². The molecule has 1 aromatic carbocycles. The molecule has 0 N–H and O–H groups in total. The Kier molecular flexibility index (Phi) is 3.27. The summed E-state index contributed by atoms with van der Waals surface area (Å²) >= 11 is 5.19. The van der Waals surface area contributed by atoms with Crippen molar-refractivity contribution in [3.05, 3.63) is 30.3 Å². The molecule has 96 valence electrons. The number of urea groups is 1. The lowest BCUT2D eigenvalue weighted by Gasteiger charge is -2.16. The standard InChI is InChI=1S/C10H9ClN2O4S/c11-9(14)12-6-7-13(10(12)15)18(16,17)8-4-2-1-3-5-8/h1-5H,6-7H2. The minimum atomic E-state index is -3.92. The van der Waals surface area contributed by atoms with Gasteiger partial charge < -0.3 is 0 Å². The second-order valence-electron chi connectivity index (χ2n) is 3.58. The SMILES string of the molecule is O=C(Cl)N1CCN(S(=O)(=O)c2ccccc2)C1=O. The molecule has 0 unspecified atom stereocenters. The van der Waals surface area contributed by atoms with Crippen LogP contribution >= 0.6 is 11.6 Å². The van der Waals surface area contributed by atoms with Gasteiger partial charge in [-0.25, -0.2) is 22.4 Å². The van der Waals surface area contributed by atoms with Gasteiger partial charge in [-0.1, -0.05) is 18.2 Å². The molecule has 18 heavy (non-hydrogen) atoms. The lowest BCUT2D eigenvalue weighted by molar-refractivity contribution is 0.205. The molecule has 1 heterocycles. The minimum absolute atomic E-state index is 0.00206. The van der Waals surface area contributed by atoms with Crippen LogP contribution in [0.3, 0.4) is 0 Å². The first-order valence-corrected chi connectivity index (χ1v) is 6.85. The third kappa shape index (κ3) is 2.06. The Morgan fingerprint density at radius 3 is 2.28 bits per heavy atom. The highest BCUT2D eigenvalue weighted by Gasteiger charge is 2.40. The van der Waals surface area contributed by atoms with Crippen molar-refractivity contribution in [2.45, 2.75) is 4.90 Å². The third-order valence-electron chi connectivity index (χ3n) is 2.51. The topological polar surface area (TPSA) is 74.8 Å². The molecule has 1 aliphatic heterocycles. The highest BCUT2D eigenvalue weighted by atomic mass is 35.5. The van der Waals surface area contributed by atoms with Crippen molar-refractivity contribution in [1.29, 1.82) is 0 Å². The summed E-state index contributed by atoms with van der Waals surface area (Å²) in [5, 5.41) is -0.981. The number of rotatable bonds is 2. The molecular weight excluding hydrogens is 280 g/mol. The molecule has 0 aliphatic carbocycles. The van der Waals surface area contributed by atoms with Crippen molar-refractivity contribution in [2.24, 2.45) is 0 Å². The van der Waals surface area contributed by atoms with Crippen molar-refractivity contribution < 1.29 is 18.0 Å². The molecule has 1 aromatic rings. The highest BCUT2D eigenvalue weighted by molar-refractivity contribution is 7.89. The van der Waals surface area contributed by atoms with Gasteiger partial charge in [0.15, 0.2) is 0 Å². The van der Waals surface area contributed by atoms with Gasteiger partial charge in [0.25, 0.3) is 10.0 Å². The monoisotopic (exact) mass is 288 g/mol. The van der Waals surface area contributed by atoms with Crippen LogP contribution in [0.1, 0.15) is 0 Å². The Morgan fingerprint density at radius 2 is 1.78 bits per heavy atom. The molecule has 1 aliphatic rings. The fourth-order valence-corrected chi connectivity index (χ4v) is 3.16. The summed E-state index contributed by atoms with van der Waals surface area (Å²) in [6, 6.07) is 6.62. The van der Waals surface area contributed by atoms with Gasteiger partial charge in [0.1, 0.15) is 0 Å². The quantitative estimate of drug-likeness (QED) is 0.610. The van der Waals surface area contributed by atoms with Gasteiger partial charge in [-0.05, 0) is 23.7 Å². The number of amides is 3. The average molecular weight is 289 g/mol. The van der Waals surface area contributed by atoms with Gasteiger partial charge in [-0.15, -0.1) is 0 Å². The summed E-state index contributed by atoms with van der Waals surface area (Å²) in [4.78, 5) is 23.3. The lowest BCUT2D eigenvalue weighted by Crippen LogP contribution is -2.37. The lowest BCUT2D eigenvalue weighted by atomic mass is 10.4. The van der Waals surface area contributed by atoms with E-state index in [-0.39, 0.29) is 18.0 Å². The number of sulfonamides is 1. The van der Waals surface area contributed by atoms with Gasteiger partial charge >= 0.3 is 11.4 Å². The van der Waals surface area contributed by atoms with Crippen LogP contribution in [0.2, 0.25) is 0 Å². The molecule has 0 bridgehead atoms. The first kappa shape index (κ1) is 12.8. The zero-order chi connectivity index (χ0) is 13.3. The van der Waals surface area contributed by atoms with Crippen LogP contribution in [0.25, 0.3) is 0 Å². The van der Waals surface area contributed by atoms with E-state index in [0.29, 0.717) is 9.21 Å². The number of benzene rings is 1. The molecule has 0 saturated carbocycles. The smallest absolute Gasteiger partial charge is 0.255 e. The fraction of sp³-hybridized carbons (Fsp3) is 0.200. The number of hydrogen-bond donors (Lipinski definition) is 0. The summed E-state index contributed by atoms with van der Waals surface area (Å²) in [7, 11) is -3.92. The number of hydrogen-bond acceptors (Lipinski definition) is 4. The third-order valence-corrected chi connectivity index (χ3v) is 4.51. The number of halogens is 1. The average Bonchev–Trinajstić information content (AvgIpc) is 2.73. The second kappa shape index (κ2) is 4.58. The van der Waals surface area contributed by atoms with Crippen LogP contribution in [-0.2, 0) is 10.0 Å².